The molecule has 4 aromatic carbocycles. The molecule has 0 saturated carbocycles. The van der Waals surface area contributed by atoms with Gasteiger partial charge in [0.25, 0.3) is 5.91 Å². The Labute approximate surface area is 461 Å². The standard InChI is InChI=1S/C32H34N3O6P.C28H26N3O6P/c1-19-10-9-13-28(41-42(37,38)39)31(19)32(4,5)18-30(36)35-26-12-8-7-11-22(26)15-27(35)24-17-29(40-6)25(34-24)16-23-20(2)14-21(3)33-23;1-17-12-18(2)29-22(17)14-24-27(36-3)15-23(30-24)26-13-19-8-5-7-11-25(19)31(26)28(32)21-10-6-4-9-20(21)16-37-38(33,34)35/h7-17,33H,18H2,1-6H3,(H2,37,38,39);4-15,29H,16H2,1-3H3,(H2,33,34,35)/b25-16-;24-14-. The average Bonchev–Trinajstić information content (AvgIpc) is 4.37. The van der Waals surface area contributed by atoms with Gasteiger partial charge in [-0.1, -0.05) is 80.6 Å². The molecule has 8 aromatic rings. The molecule has 6 heterocycles. The summed E-state index contributed by atoms with van der Waals surface area (Å²) in [7, 11) is -6.38. The summed E-state index contributed by atoms with van der Waals surface area (Å²) in [6.07, 6.45) is 7.49. The van der Waals surface area contributed by atoms with Crippen molar-refractivity contribution >= 4 is 72.8 Å². The van der Waals surface area contributed by atoms with Crippen molar-refractivity contribution in [3.05, 3.63) is 218 Å². The zero-order chi connectivity index (χ0) is 57.4. The van der Waals surface area contributed by atoms with Crippen LogP contribution in [0.25, 0.3) is 34.0 Å². The van der Waals surface area contributed by atoms with Crippen LogP contribution in [0.4, 0.5) is 0 Å². The number of nitrogens with one attached hydrogen (secondary N) is 2. The van der Waals surface area contributed by atoms with E-state index in [4.69, 9.17) is 28.5 Å². The highest BCUT2D eigenvalue weighted by Crippen LogP contribution is 2.45. The first-order valence-corrected chi connectivity index (χ1v) is 28.4. The van der Waals surface area contributed by atoms with E-state index in [0.717, 1.165) is 55.8 Å². The lowest BCUT2D eigenvalue weighted by Crippen LogP contribution is -2.28. The van der Waals surface area contributed by atoms with Gasteiger partial charge < -0.3 is 33.8 Å². The zero-order valence-electron chi connectivity index (χ0n) is 45.4. The summed E-state index contributed by atoms with van der Waals surface area (Å²) < 4.78 is 47.3. The van der Waals surface area contributed by atoms with E-state index < -0.39 is 27.7 Å². The number of ether oxygens (including phenoxy) is 2. The lowest BCUT2D eigenvalue weighted by Gasteiger charge is -2.29. The molecule has 0 aliphatic carbocycles. The molecule has 0 unspecified atom stereocenters. The van der Waals surface area contributed by atoms with E-state index in [2.05, 4.69) is 16.0 Å². The highest BCUT2D eigenvalue weighted by atomic mass is 31.2. The number of hydrogen-bond donors (Lipinski definition) is 6. The minimum Gasteiger partial charge on any atom is -0.494 e. The fraction of sp³-hybridized carbons (Fsp3) is 0.200. The molecule has 0 atom stereocenters. The summed E-state index contributed by atoms with van der Waals surface area (Å²) in [5.41, 5.74) is 12.1. The molecule has 412 valence electrons. The molecule has 6 N–H and O–H groups in total. The summed E-state index contributed by atoms with van der Waals surface area (Å²) >= 11 is 0. The number of carbonyl (C=O) groups excluding carboxylic acids is 2. The van der Waals surface area contributed by atoms with Crippen molar-refractivity contribution in [1.82, 2.24) is 19.1 Å². The molecule has 18 nitrogen and oxygen atoms in total. The Kier molecular flexibility index (Phi) is 15.9. The van der Waals surface area contributed by atoms with Crippen LogP contribution in [0, 0.1) is 34.6 Å². The molecule has 20 heteroatoms. The van der Waals surface area contributed by atoms with Gasteiger partial charge in [-0.25, -0.2) is 19.1 Å². The lowest BCUT2D eigenvalue weighted by molar-refractivity contribution is 0.0880. The molecule has 2 aliphatic rings. The Morgan fingerprint density at radius 2 is 1.12 bits per heavy atom. The SMILES string of the molecule is COC1=CC(c2cc3ccccc3n2C(=O)CC(C)(C)c2c(C)cccc2OP(=O)(O)O)=N/C1=C\c1[nH]c(C)cc1C.COC1=CC(c2cc3ccccc3n2C(=O)c2ccccc2COP(=O)(O)O)=N/C1=C\c1[nH]c(C)cc1C. The van der Waals surface area contributed by atoms with Gasteiger partial charge in [-0.15, -0.1) is 0 Å². The van der Waals surface area contributed by atoms with E-state index in [0.29, 0.717) is 62.4 Å². The number of carbonyl (C=O) groups is 2. The first-order chi connectivity index (χ1) is 37.9. The highest BCUT2D eigenvalue weighted by Gasteiger charge is 2.34. The fourth-order valence-electron chi connectivity index (χ4n) is 10.3. The number of rotatable bonds is 15. The zero-order valence-corrected chi connectivity index (χ0v) is 47.2. The second-order valence-corrected chi connectivity index (χ2v) is 22.5. The topological polar surface area (TPSA) is 252 Å². The van der Waals surface area contributed by atoms with Crippen LogP contribution < -0.4 is 4.52 Å². The number of aryl methyl sites for hydroxylation is 5. The van der Waals surface area contributed by atoms with Gasteiger partial charge in [0.05, 0.1) is 54.7 Å². The van der Waals surface area contributed by atoms with Crippen LogP contribution in [0.5, 0.6) is 5.75 Å². The quantitative estimate of drug-likeness (QED) is 0.0524. The average molecular weight is 1120 g/mol. The molecule has 0 fully saturated rings. The number of aromatic nitrogens is 4. The maximum atomic E-state index is 14.2. The Morgan fingerprint density at radius 3 is 1.62 bits per heavy atom. The number of nitrogens with zero attached hydrogens (tertiary/aromatic N) is 4. The monoisotopic (exact) mass is 1120 g/mol. The number of hydrogen-bond acceptors (Lipinski definition) is 10. The van der Waals surface area contributed by atoms with Crippen LogP contribution in [0.3, 0.4) is 0 Å². The van der Waals surface area contributed by atoms with E-state index in [1.807, 2.05) is 139 Å². The van der Waals surface area contributed by atoms with Crippen molar-refractivity contribution in [2.24, 2.45) is 9.98 Å². The van der Waals surface area contributed by atoms with Crippen LogP contribution in [0.15, 0.2) is 160 Å². The number of phosphoric acid groups is 2. The number of para-hydroxylation sites is 2. The summed E-state index contributed by atoms with van der Waals surface area (Å²) in [5, 5.41) is 1.71. The third kappa shape index (κ3) is 12.2. The predicted octanol–water partition coefficient (Wildman–Crippen LogP) is 12.0. The first-order valence-electron chi connectivity index (χ1n) is 25.3. The minimum absolute atomic E-state index is 0.0266. The van der Waals surface area contributed by atoms with Gasteiger partial charge in [0, 0.05) is 68.7 Å². The van der Waals surface area contributed by atoms with Crippen LogP contribution in [-0.2, 0) is 35.1 Å². The largest absolute Gasteiger partial charge is 0.524 e. The van der Waals surface area contributed by atoms with Gasteiger partial charge >= 0.3 is 15.6 Å². The van der Waals surface area contributed by atoms with Gasteiger partial charge in [0.2, 0.25) is 5.91 Å². The Hall–Kier alpha value is -8.18. The molecule has 10 rings (SSSR count). The second-order valence-electron chi connectivity index (χ2n) is 20.1. The Bertz CT molecular complexity index is 4070. The number of aromatic amines is 2. The molecular weight excluding hydrogens is 1060 g/mol. The van der Waals surface area contributed by atoms with E-state index in [1.54, 1.807) is 59.8 Å². The number of fused-ring (bicyclic) bond motifs is 2. The minimum atomic E-state index is -4.82. The van der Waals surface area contributed by atoms with Crippen molar-refractivity contribution in [1.29, 1.82) is 0 Å². The van der Waals surface area contributed by atoms with Gasteiger partial charge in [0.1, 0.15) is 28.7 Å². The van der Waals surface area contributed by atoms with E-state index in [9.17, 15) is 38.3 Å². The number of aliphatic imine (C=N–C) groups is 2. The van der Waals surface area contributed by atoms with Gasteiger partial charge in [0.15, 0.2) is 0 Å². The van der Waals surface area contributed by atoms with E-state index >= 15 is 0 Å². The Balaban J connectivity index is 0.000000195. The molecule has 0 bridgehead atoms. The summed E-state index contributed by atoms with van der Waals surface area (Å²) in [6.45, 7) is 13.1. The van der Waals surface area contributed by atoms with Crippen LogP contribution in [-0.4, -0.2) is 76.1 Å². The first kappa shape index (κ1) is 56.5. The number of H-pyrrole nitrogens is 2. The molecule has 0 amide bonds. The molecule has 0 spiro atoms. The van der Waals surface area contributed by atoms with Gasteiger partial charge in [-0.05, 0) is 118 Å². The molecule has 0 saturated heterocycles. The Morgan fingerprint density at radius 1 is 0.625 bits per heavy atom. The van der Waals surface area contributed by atoms with Crippen molar-refractivity contribution in [2.75, 3.05) is 14.2 Å². The van der Waals surface area contributed by atoms with Crippen molar-refractivity contribution in [3.8, 4) is 5.75 Å². The normalized spacial score (nSPS) is 14.8. The summed E-state index contributed by atoms with van der Waals surface area (Å²) in [4.78, 5) is 81.9. The van der Waals surface area contributed by atoms with Gasteiger partial charge in [-0.3, -0.25) is 33.0 Å². The number of phosphoric ester groups is 2. The summed E-state index contributed by atoms with van der Waals surface area (Å²) in [5.74, 6) is 0.613. The molecule has 80 heavy (non-hydrogen) atoms. The third-order valence-corrected chi connectivity index (χ3v) is 14.6. The number of methoxy groups -OCH3 is 2. The second kappa shape index (κ2) is 22.5. The van der Waals surface area contributed by atoms with Crippen LogP contribution in [0.1, 0.15) is 97.4 Å². The summed E-state index contributed by atoms with van der Waals surface area (Å²) in [6, 6.07) is 34.6. The molecule has 0 radical (unpaired) electrons. The van der Waals surface area contributed by atoms with E-state index in [1.165, 1.54) is 6.07 Å². The third-order valence-electron chi connectivity index (χ3n) is 13.7. The molecular formula is C60H60N6O12P2. The van der Waals surface area contributed by atoms with Crippen LogP contribution in [0.2, 0.25) is 0 Å². The highest BCUT2D eigenvalue weighted by molar-refractivity contribution is 7.46. The number of benzene rings is 4. The fourth-order valence-corrected chi connectivity index (χ4v) is 11.0. The predicted molar refractivity (Wildman–Crippen MR) is 309 cm³/mol. The van der Waals surface area contributed by atoms with Crippen molar-refractivity contribution in [3.63, 3.8) is 0 Å². The van der Waals surface area contributed by atoms with Crippen LogP contribution >= 0.6 is 15.6 Å². The molecule has 2 aliphatic heterocycles. The maximum Gasteiger partial charge on any atom is 0.524 e. The smallest absolute Gasteiger partial charge is 0.494 e. The van der Waals surface area contributed by atoms with Gasteiger partial charge in [-0.2, -0.15) is 0 Å². The van der Waals surface area contributed by atoms with E-state index in [-0.39, 0.29) is 29.5 Å². The molecule has 4 aromatic heterocycles. The maximum absolute atomic E-state index is 14.2. The lowest BCUT2D eigenvalue weighted by atomic mass is 9.78. The number of allylic oxidation sites excluding steroid dienone is 2. The van der Waals surface area contributed by atoms with Crippen molar-refractivity contribution < 1.29 is 56.8 Å². The van der Waals surface area contributed by atoms with Crippen molar-refractivity contribution in [2.45, 2.75) is 66.9 Å².